The summed E-state index contributed by atoms with van der Waals surface area (Å²) in [4.78, 5) is 28.1. The molecule has 4 nitrogen and oxygen atoms in total. The quantitative estimate of drug-likeness (QED) is 0.765. The van der Waals surface area contributed by atoms with Gasteiger partial charge in [-0.05, 0) is 43.5 Å². The van der Waals surface area contributed by atoms with Gasteiger partial charge in [-0.15, -0.1) is 0 Å². The topological polar surface area (TPSA) is 40.6 Å². The first-order chi connectivity index (χ1) is 13.0. The Labute approximate surface area is 160 Å². The molecule has 0 atom stereocenters. The van der Waals surface area contributed by atoms with Crippen molar-refractivity contribution in [1.29, 1.82) is 0 Å². The molecule has 2 amide bonds. The van der Waals surface area contributed by atoms with Crippen molar-refractivity contribution in [3.63, 3.8) is 0 Å². The molecule has 0 unspecified atom stereocenters. The molecule has 2 aromatic rings. The molecule has 140 valence electrons. The fourth-order valence-electron chi connectivity index (χ4n) is 3.73. The maximum atomic E-state index is 14.1. The van der Waals surface area contributed by atoms with E-state index in [1.165, 1.54) is 11.0 Å². The van der Waals surface area contributed by atoms with Gasteiger partial charge < -0.3 is 9.80 Å². The number of hydrogen-bond donors (Lipinski definition) is 0. The fraction of sp³-hybridized carbons (Fsp3) is 0.300. The van der Waals surface area contributed by atoms with Gasteiger partial charge in [-0.1, -0.05) is 11.6 Å². The molecule has 7 heteroatoms. The number of amides is 2. The summed E-state index contributed by atoms with van der Waals surface area (Å²) >= 11 is 6.24. The highest BCUT2D eigenvalue weighted by Crippen LogP contribution is 2.34. The molecule has 1 fully saturated rings. The van der Waals surface area contributed by atoms with E-state index in [9.17, 15) is 18.4 Å². The number of nitrogens with zero attached hydrogens (tertiary/aromatic N) is 2. The third-order valence-electron chi connectivity index (χ3n) is 5.04. The van der Waals surface area contributed by atoms with E-state index in [0.717, 1.165) is 12.5 Å². The lowest BCUT2D eigenvalue weighted by Gasteiger charge is -2.30. The van der Waals surface area contributed by atoms with Crippen LogP contribution in [-0.4, -0.2) is 24.9 Å². The first-order valence-electron chi connectivity index (χ1n) is 8.85. The lowest BCUT2D eigenvalue weighted by atomic mass is 9.99. The normalized spacial score (nSPS) is 16.6. The number of fused-ring (bicyclic) bond motifs is 1. The molecule has 2 heterocycles. The van der Waals surface area contributed by atoms with Crippen molar-refractivity contribution in [3.05, 3.63) is 58.1 Å². The Bertz CT molecular complexity index is 948. The van der Waals surface area contributed by atoms with Crippen molar-refractivity contribution in [2.45, 2.75) is 25.7 Å². The van der Waals surface area contributed by atoms with E-state index in [0.29, 0.717) is 54.2 Å². The summed E-state index contributed by atoms with van der Waals surface area (Å²) in [5.41, 5.74) is 1.43. The van der Waals surface area contributed by atoms with Crippen LogP contribution in [0.2, 0.25) is 5.02 Å². The minimum absolute atomic E-state index is 0.0334. The molecule has 4 rings (SSSR count). The summed E-state index contributed by atoms with van der Waals surface area (Å²) in [6, 6.07) is 6.76. The van der Waals surface area contributed by atoms with Gasteiger partial charge >= 0.3 is 0 Å². The Balaban J connectivity index is 1.72. The van der Waals surface area contributed by atoms with E-state index in [-0.39, 0.29) is 17.5 Å². The van der Waals surface area contributed by atoms with E-state index >= 15 is 0 Å². The number of hydrogen-bond acceptors (Lipinski definition) is 2. The minimum atomic E-state index is -0.717. The molecule has 2 aliphatic rings. The third kappa shape index (κ3) is 3.18. The first-order valence-corrected chi connectivity index (χ1v) is 9.23. The van der Waals surface area contributed by atoms with Crippen molar-refractivity contribution in [2.75, 3.05) is 22.9 Å². The van der Waals surface area contributed by atoms with Crippen LogP contribution in [0, 0.1) is 11.6 Å². The average Bonchev–Trinajstić information content (AvgIpc) is 3.07. The summed E-state index contributed by atoms with van der Waals surface area (Å²) in [7, 11) is 0. The molecule has 27 heavy (non-hydrogen) atoms. The molecule has 0 spiro atoms. The van der Waals surface area contributed by atoms with Crippen molar-refractivity contribution in [2.24, 2.45) is 0 Å². The lowest BCUT2D eigenvalue weighted by molar-refractivity contribution is -0.117. The zero-order chi connectivity index (χ0) is 19.1. The highest BCUT2D eigenvalue weighted by molar-refractivity contribution is 6.34. The summed E-state index contributed by atoms with van der Waals surface area (Å²) in [5, 5.41) is 0.387. The molecule has 0 bridgehead atoms. The third-order valence-corrected chi connectivity index (χ3v) is 5.36. The standard InChI is InChI=1S/C20H17ClF2N2O2/c21-15-6-5-12(9-18(15)24-7-2-4-19(24)26)20(27)25-8-1-3-14-16(23)10-13(22)11-17(14)25/h5-6,9-11H,1-4,7-8H2. The van der Waals surface area contributed by atoms with Gasteiger partial charge in [0, 0.05) is 36.7 Å². The van der Waals surface area contributed by atoms with Gasteiger partial charge in [-0.2, -0.15) is 0 Å². The van der Waals surface area contributed by atoms with Crippen molar-refractivity contribution < 1.29 is 18.4 Å². The van der Waals surface area contributed by atoms with Crippen LogP contribution < -0.4 is 9.80 Å². The SMILES string of the molecule is O=C1CCCN1c1cc(C(=O)N2CCCc3c(F)cc(F)cc32)ccc1Cl. The molecule has 0 N–H and O–H groups in total. The van der Waals surface area contributed by atoms with Crippen molar-refractivity contribution in [1.82, 2.24) is 0 Å². The fourth-order valence-corrected chi connectivity index (χ4v) is 3.95. The molecule has 2 aromatic carbocycles. The van der Waals surface area contributed by atoms with E-state index in [1.54, 1.807) is 23.1 Å². The predicted octanol–water partition coefficient (Wildman–Crippen LogP) is 4.34. The number of carbonyl (C=O) groups is 2. The van der Waals surface area contributed by atoms with Gasteiger partial charge in [0.15, 0.2) is 0 Å². The van der Waals surface area contributed by atoms with E-state index < -0.39 is 11.6 Å². The number of carbonyl (C=O) groups excluding carboxylic acids is 2. The Morgan fingerprint density at radius 1 is 1.00 bits per heavy atom. The smallest absolute Gasteiger partial charge is 0.258 e. The van der Waals surface area contributed by atoms with Crippen LogP contribution in [0.15, 0.2) is 30.3 Å². The predicted molar refractivity (Wildman–Crippen MR) is 99.4 cm³/mol. The molecule has 2 aliphatic heterocycles. The van der Waals surface area contributed by atoms with Gasteiger partial charge in [0.25, 0.3) is 5.91 Å². The molecule has 0 radical (unpaired) electrons. The maximum Gasteiger partial charge on any atom is 0.258 e. The second-order valence-electron chi connectivity index (χ2n) is 6.76. The summed E-state index contributed by atoms with van der Waals surface area (Å²) in [6.45, 7) is 0.925. The molecule has 1 saturated heterocycles. The summed E-state index contributed by atoms with van der Waals surface area (Å²) in [5.74, 6) is -1.76. The Kier molecular flexibility index (Phi) is 4.60. The van der Waals surface area contributed by atoms with Gasteiger partial charge in [-0.3, -0.25) is 9.59 Å². The monoisotopic (exact) mass is 390 g/mol. The van der Waals surface area contributed by atoms with Gasteiger partial charge in [0.2, 0.25) is 5.91 Å². The summed E-state index contributed by atoms with van der Waals surface area (Å²) in [6.07, 6.45) is 2.24. The zero-order valence-electron chi connectivity index (χ0n) is 14.5. The molecular weight excluding hydrogens is 374 g/mol. The van der Waals surface area contributed by atoms with Crippen LogP contribution in [0.1, 0.15) is 35.2 Å². The molecule has 0 aromatic heterocycles. The van der Waals surface area contributed by atoms with Gasteiger partial charge in [0.1, 0.15) is 11.6 Å². The second kappa shape index (κ2) is 6.93. The second-order valence-corrected chi connectivity index (χ2v) is 7.17. The van der Waals surface area contributed by atoms with Crippen LogP contribution in [0.3, 0.4) is 0 Å². The van der Waals surface area contributed by atoms with Gasteiger partial charge in [-0.25, -0.2) is 8.78 Å². The average molecular weight is 391 g/mol. The number of anilines is 2. The van der Waals surface area contributed by atoms with E-state index in [2.05, 4.69) is 0 Å². The first kappa shape index (κ1) is 17.9. The Morgan fingerprint density at radius 2 is 1.78 bits per heavy atom. The van der Waals surface area contributed by atoms with Crippen molar-refractivity contribution >= 4 is 34.8 Å². The largest absolute Gasteiger partial charge is 0.311 e. The lowest BCUT2D eigenvalue weighted by Crippen LogP contribution is -2.36. The van der Waals surface area contributed by atoms with Crippen LogP contribution in [-0.2, 0) is 11.2 Å². The minimum Gasteiger partial charge on any atom is -0.311 e. The summed E-state index contributed by atoms with van der Waals surface area (Å²) < 4.78 is 27.8. The Morgan fingerprint density at radius 3 is 2.52 bits per heavy atom. The van der Waals surface area contributed by atoms with Crippen LogP contribution in [0.5, 0.6) is 0 Å². The highest BCUT2D eigenvalue weighted by atomic mass is 35.5. The maximum absolute atomic E-state index is 14.1. The van der Waals surface area contributed by atoms with E-state index in [1.807, 2.05) is 0 Å². The number of rotatable bonds is 2. The molecule has 0 aliphatic carbocycles. The van der Waals surface area contributed by atoms with Crippen LogP contribution >= 0.6 is 11.6 Å². The van der Waals surface area contributed by atoms with Gasteiger partial charge in [0.05, 0.1) is 16.4 Å². The van der Waals surface area contributed by atoms with Crippen LogP contribution in [0.4, 0.5) is 20.2 Å². The van der Waals surface area contributed by atoms with E-state index in [4.69, 9.17) is 11.6 Å². The Hall–Kier alpha value is -2.47. The zero-order valence-corrected chi connectivity index (χ0v) is 15.2. The van der Waals surface area contributed by atoms with Crippen LogP contribution in [0.25, 0.3) is 0 Å². The molecular formula is C20H17ClF2N2O2. The molecule has 0 saturated carbocycles. The number of benzene rings is 2. The number of halogens is 3. The van der Waals surface area contributed by atoms with Crippen molar-refractivity contribution in [3.8, 4) is 0 Å². The highest BCUT2D eigenvalue weighted by Gasteiger charge is 2.29.